The monoisotopic (exact) mass is 259 g/mol. The average molecular weight is 260 g/mol. The first-order chi connectivity index (χ1) is 8.11. The molecule has 1 rings (SSSR count). The fourth-order valence-electron chi connectivity index (χ4n) is 1.36. The molecule has 0 aliphatic carbocycles. The SMILES string of the molecule is COCC(Cl)CNC(=O)Cc1cccc(F)c1. The van der Waals surface area contributed by atoms with Crippen molar-refractivity contribution in [2.75, 3.05) is 20.3 Å². The third kappa shape index (κ3) is 5.65. The predicted octanol–water partition coefficient (Wildman–Crippen LogP) is 1.74. The molecule has 3 nitrogen and oxygen atoms in total. The van der Waals surface area contributed by atoms with Crippen molar-refractivity contribution in [1.82, 2.24) is 5.32 Å². The number of nitrogens with one attached hydrogen (secondary N) is 1. The van der Waals surface area contributed by atoms with Crippen LogP contribution in [0.25, 0.3) is 0 Å². The van der Waals surface area contributed by atoms with Gasteiger partial charge in [-0.3, -0.25) is 4.79 Å². The lowest BCUT2D eigenvalue weighted by Gasteiger charge is -2.09. The molecular formula is C12H15ClFNO2. The summed E-state index contributed by atoms with van der Waals surface area (Å²) in [5.74, 6) is -0.526. The van der Waals surface area contributed by atoms with Crippen LogP contribution in [-0.4, -0.2) is 31.5 Å². The molecule has 94 valence electrons. The Kier molecular flexibility index (Phi) is 5.94. The Morgan fingerprint density at radius 1 is 1.59 bits per heavy atom. The zero-order valence-corrected chi connectivity index (χ0v) is 10.3. The van der Waals surface area contributed by atoms with Crippen LogP contribution in [0, 0.1) is 5.82 Å². The number of carbonyl (C=O) groups excluding carboxylic acids is 1. The van der Waals surface area contributed by atoms with E-state index in [-0.39, 0.29) is 23.5 Å². The van der Waals surface area contributed by atoms with Gasteiger partial charge in [-0.2, -0.15) is 0 Å². The Morgan fingerprint density at radius 3 is 3.00 bits per heavy atom. The highest BCUT2D eigenvalue weighted by atomic mass is 35.5. The number of rotatable bonds is 6. The summed E-state index contributed by atoms with van der Waals surface area (Å²) in [7, 11) is 1.55. The number of methoxy groups -OCH3 is 1. The number of ether oxygens (including phenoxy) is 1. The van der Waals surface area contributed by atoms with E-state index in [1.807, 2.05) is 0 Å². The van der Waals surface area contributed by atoms with Crippen LogP contribution >= 0.6 is 11.6 Å². The Labute approximate surface area is 105 Å². The van der Waals surface area contributed by atoms with Crippen molar-refractivity contribution >= 4 is 17.5 Å². The standard InChI is InChI=1S/C12H15ClFNO2/c1-17-8-10(13)7-15-12(16)6-9-3-2-4-11(14)5-9/h2-5,10H,6-8H2,1H3,(H,15,16). The second-order valence-electron chi connectivity index (χ2n) is 3.66. The van der Waals surface area contributed by atoms with Crippen LogP contribution in [0.5, 0.6) is 0 Å². The molecule has 0 saturated heterocycles. The van der Waals surface area contributed by atoms with Gasteiger partial charge in [0.05, 0.1) is 18.4 Å². The summed E-state index contributed by atoms with van der Waals surface area (Å²) in [5.41, 5.74) is 0.639. The lowest BCUT2D eigenvalue weighted by molar-refractivity contribution is -0.120. The molecule has 0 aliphatic rings. The van der Waals surface area contributed by atoms with E-state index in [0.717, 1.165) is 0 Å². The first-order valence-corrected chi connectivity index (χ1v) is 5.69. The van der Waals surface area contributed by atoms with Gasteiger partial charge in [-0.15, -0.1) is 11.6 Å². The van der Waals surface area contributed by atoms with Crippen LogP contribution in [0.4, 0.5) is 4.39 Å². The average Bonchev–Trinajstić information content (AvgIpc) is 2.27. The molecule has 17 heavy (non-hydrogen) atoms. The summed E-state index contributed by atoms with van der Waals surface area (Å²) in [4.78, 5) is 11.5. The largest absolute Gasteiger partial charge is 0.383 e. The second-order valence-corrected chi connectivity index (χ2v) is 4.28. The molecule has 0 saturated carbocycles. The van der Waals surface area contributed by atoms with E-state index in [4.69, 9.17) is 16.3 Å². The van der Waals surface area contributed by atoms with E-state index in [1.54, 1.807) is 19.2 Å². The Balaban J connectivity index is 2.34. The van der Waals surface area contributed by atoms with Gasteiger partial charge in [0.15, 0.2) is 0 Å². The van der Waals surface area contributed by atoms with Crippen molar-refractivity contribution in [3.8, 4) is 0 Å². The molecule has 0 spiro atoms. The summed E-state index contributed by atoms with van der Waals surface area (Å²) in [6, 6.07) is 5.96. The molecule has 0 fully saturated rings. The molecule has 5 heteroatoms. The number of benzene rings is 1. The second kappa shape index (κ2) is 7.25. The van der Waals surface area contributed by atoms with E-state index in [9.17, 15) is 9.18 Å². The van der Waals surface area contributed by atoms with Gasteiger partial charge < -0.3 is 10.1 Å². The Hall–Kier alpha value is -1.13. The van der Waals surface area contributed by atoms with Crippen molar-refractivity contribution in [3.63, 3.8) is 0 Å². The van der Waals surface area contributed by atoms with Crippen molar-refractivity contribution in [1.29, 1.82) is 0 Å². The minimum Gasteiger partial charge on any atom is -0.383 e. The van der Waals surface area contributed by atoms with Gasteiger partial charge in [-0.1, -0.05) is 12.1 Å². The molecule has 0 aliphatic heterocycles. The van der Waals surface area contributed by atoms with Crippen LogP contribution < -0.4 is 5.32 Å². The normalized spacial score (nSPS) is 12.2. The maximum atomic E-state index is 12.9. The van der Waals surface area contributed by atoms with E-state index >= 15 is 0 Å². The third-order valence-electron chi connectivity index (χ3n) is 2.12. The number of carbonyl (C=O) groups is 1. The summed E-state index contributed by atoms with van der Waals surface area (Å²) >= 11 is 5.85. The number of amides is 1. The van der Waals surface area contributed by atoms with Crippen LogP contribution in [0.2, 0.25) is 0 Å². The highest BCUT2D eigenvalue weighted by Crippen LogP contribution is 2.04. The summed E-state index contributed by atoms with van der Waals surface area (Å²) in [6.07, 6.45) is 0.147. The lowest BCUT2D eigenvalue weighted by atomic mass is 10.1. The summed E-state index contributed by atoms with van der Waals surface area (Å²) in [6.45, 7) is 0.714. The van der Waals surface area contributed by atoms with Gasteiger partial charge in [0.1, 0.15) is 5.82 Å². The Morgan fingerprint density at radius 2 is 2.35 bits per heavy atom. The van der Waals surface area contributed by atoms with Crippen molar-refractivity contribution in [2.24, 2.45) is 0 Å². The van der Waals surface area contributed by atoms with Crippen LogP contribution in [-0.2, 0) is 16.0 Å². The minimum absolute atomic E-state index is 0.147. The van der Waals surface area contributed by atoms with Crippen LogP contribution in [0.1, 0.15) is 5.56 Å². The van der Waals surface area contributed by atoms with E-state index in [0.29, 0.717) is 18.7 Å². The van der Waals surface area contributed by atoms with Gasteiger partial charge in [-0.05, 0) is 17.7 Å². The zero-order chi connectivity index (χ0) is 12.7. The van der Waals surface area contributed by atoms with Crippen molar-refractivity contribution < 1.29 is 13.9 Å². The van der Waals surface area contributed by atoms with E-state index in [1.165, 1.54) is 12.1 Å². The first kappa shape index (κ1) is 13.9. The van der Waals surface area contributed by atoms with E-state index in [2.05, 4.69) is 5.32 Å². The number of halogens is 2. The fraction of sp³-hybridized carbons (Fsp3) is 0.417. The minimum atomic E-state index is -0.343. The van der Waals surface area contributed by atoms with Gasteiger partial charge in [0.25, 0.3) is 0 Å². The topological polar surface area (TPSA) is 38.3 Å². The van der Waals surface area contributed by atoms with Crippen molar-refractivity contribution in [2.45, 2.75) is 11.8 Å². The van der Waals surface area contributed by atoms with Crippen LogP contribution in [0.3, 0.4) is 0 Å². The van der Waals surface area contributed by atoms with Gasteiger partial charge in [0, 0.05) is 13.7 Å². The maximum absolute atomic E-state index is 12.9. The Bertz CT molecular complexity index is 373. The molecule has 0 heterocycles. The first-order valence-electron chi connectivity index (χ1n) is 5.26. The molecule has 0 bridgehead atoms. The maximum Gasteiger partial charge on any atom is 0.224 e. The summed E-state index contributed by atoms with van der Waals surface area (Å²) < 4.78 is 17.7. The van der Waals surface area contributed by atoms with Gasteiger partial charge in [-0.25, -0.2) is 4.39 Å². The number of hydrogen-bond acceptors (Lipinski definition) is 2. The molecule has 1 aromatic carbocycles. The van der Waals surface area contributed by atoms with Gasteiger partial charge in [0.2, 0.25) is 5.91 Å². The molecule has 0 aromatic heterocycles. The number of alkyl halides is 1. The molecule has 1 amide bonds. The van der Waals surface area contributed by atoms with Crippen molar-refractivity contribution in [3.05, 3.63) is 35.6 Å². The molecular weight excluding hydrogens is 245 g/mol. The zero-order valence-electron chi connectivity index (χ0n) is 9.58. The lowest BCUT2D eigenvalue weighted by Crippen LogP contribution is -2.32. The third-order valence-corrected chi connectivity index (χ3v) is 2.40. The molecule has 0 radical (unpaired) electrons. The highest BCUT2D eigenvalue weighted by molar-refractivity contribution is 6.21. The van der Waals surface area contributed by atoms with E-state index < -0.39 is 0 Å². The molecule has 1 aromatic rings. The molecule has 1 unspecified atom stereocenters. The smallest absolute Gasteiger partial charge is 0.224 e. The quantitative estimate of drug-likeness (QED) is 0.791. The van der Waals surface area contributed by atoms with Gasteiger partial charge >= 0.3 is 0 Å². The summed E-state index contributed by atoms with van der Waals surface area (Å²) in [5, 5.41) is 2.41. The fourth-order valence-corrected chi connectivity index (χ4v) is 1.56. The highest BCUT2D eigenvalue weighted by Gasteiger charge is 2.08. The van der Waals surface area contributed by atoms with Crippen LogP contribution in [0.15, 0.2) is 24.3 Å². The molecule has 1 atom stereocenters. The number of hydrogen-bond donors (Lipinski definition) is 1. The molecule has 1 N–H and O–H groups in total. The predicted molar refractivity (Wildman–Crippen MR) is 64.6 cm³/mol.